The maximum absolute atomic E-state index is 13.9. The average Bonchev–Trinajstić information content (AvgIpc) is 2.89. The van der Waals surface area contributed by atoms with Gasteiger partial charge in [-0.25, -0.2) is 8.42 Å². The van der Waals surface area contributed by atoms with E-state index >= 15 is 0 Å². The van der Waals surface area contributed by atoms with Crippen molar-refractivity contribution in [3.05, 3.63) is 96.1 Å². The zero-order chi connectivity index (χ0) is 26.8. The monoisotopic (exact) mass is 523 g/mol. The van der Waals surface area contributed by atoms with Crippen LogP contribution in [-0.4, -0.2) is 57.6 Å². The van der Waals surface area contributed by atoms with E-state index in [1.54, 1.807) is 24.3 Å². The summed E-state index contributed by atoms with van der Waals surface area (Å²) in [4.78, 5) is 28.6. The van der Waals surface area contributed by atoms with Crippen molar-refractivity contribution < 1.29 is 22.7 Å². The van der Waals surface area contributed by atoms with Gasteiger partial charge in [0.1, 0.15) is 18.3 Å². The topological polar surface area (TPSA) is 96.0 Å². The van der Waals surface area contributed by atoms with Gasteiger partial charge in [0.25, 0.3) is 0 Å². The fourth-order valence-corrected chi connectivity index (χ4v) is 4.85. The predicted octanol–water partition coefficient (Wildman–Crippen LogP) is 3.24. The van der Waals surface area contributed by atoms with E-state index in [1.165, 1.54) is 12.0 Å². The summed E-state index contributed by atoms with van der Waals surface area (Å²) in [5.41, 5.74) is 2.01. The highest BCUT2D eigenvalue weighted by atomic mass is 32.2. The van der Waals surface area contributed by atoms with Gasteiger partial charge in [0.15, 0.2) is 0 Å². The Kier molecular flexibility index (Phi) is 9.68. The van der Waals surface area contributed by atoms with Gasteiger partial charge < -0.3 is 15.0 Å². The summed E-state index contributed by atoms with van der Waals surface area (Å²) in [6, 6.07) is 24.4. The van der Waals surface area contributed by atoms with Crippen molar-refractivity contribution in [1.29, 1.82) is 0 Å². The lowest BCUT2D eigenvalue weighted by Crippen LogP contribution is -2.53. The summed E-state index contributed by atoms with van der Waals surface area (Å²) in [5.74, 6) is -0.337. The van der Waals surface area contributed by atoms with Gasteiger partial charge in [-0.3, -0.25) is 13.9 Å². The second-order valence-electron chi connectivity index (χ2n) is 8.58. The van der Waals surface area contributed by atoms with Crippen molar-refractivity contribution in [1.82, 2.24) is 10.2 Å². The summed E-state index contributed by atoms with van der Waals surface area (Å²) in [6.07, 6.45) is 1.33. The number of carbonyl (C=O) groups is 2. The molecule has 0 saturated carbocycles. The van der Waals surface area contributed by atoms with Crippen molar-refractivity contribution in [2.75, 3.05) is 30.8 Å². The Hall–Kier alpha value is -3.85. The van der Waals surface area contributed by atoms with Crippen LogP contribution >= 0.6 is 0 Å². The molecule has 1 N–H and O–H groups in total. The van der Waals surface area contributed by atoms with E-state index in [-0.39, 0.29) is 18.9 Å². The minimum Gasteiger partial charge on any atom is -0.497 e. The third-order valence-electron chi connectivity index (χ3n) is 5.84. The predicted molar refractivity (Wildman–Crippen MR) is 145 cm³/mol. The Morgan fingerprint density at radius 2 is 1.54 bits per heavy atom. The van der Waals surface area contributed by atoms with Gasteiger partial charge in [-0.05, 0) is 30.2 Å². The lowest BCUT2D eigenvalue weighted by atomic mass is 10.0. The Labute approximate surface area is 218 Å². The Morgan fingerprint density at radius 3 is 2.11 bits per heavy atom. The molecule has 0 aliphatic carbocycles. The highest BCUT2D eigenvalue weighted by molar-refractivity contribution is 7.92. The van der Waals surface area contributed by atoms with Gasteiger partial charge in [-0.2, -0.15) is 0 Å². The van der Waals surface area contributed by atoms with Crippen molar-refractivity contribution in [2.45, 2.75) is 25.9 Å². The molecule has 3 aromatic rings. The van der Waals surface area contributed by atoms with Crippen LogP contribution in [0.2, 0.25) is 0 Å². The summed E-state index contributed by atoms with van der Waals surface area (Å²) in [5, 5.41) is 2.84. The Balaban J connectivity index is 2.02. The van der Waals surface area contributed by atoms with Gasteiger partial charge in [0.2, 0.25) is 21.8 Å². The molecule has 9 heteroatoms. The molecule has 3 rings (SSSR count). The van der Waals surface area contributed by atoms with Gasteiger partial charge in [-0.1, -0.05) is 66.7 Å². The first-order valence-corrected chi connectivity index (χ1v) is 13.8. The molecule has 0 radical (unpaired) electrons. The minimum atomic E-state index is -3.83. The largest absolute Gasteiger partial charge is 0.497 e. The maximum Gasteiger partial charge on any atom is 0.244 e. The number of amides is 2. The maximum atomic E-state index is 13.9. The molecule has 0 fully saturated rings. The summed E-state index contributed by atoms with van der Waals surface area (Å²) in [6.45, 7) is 1.89. The molecule has 1 unspecified atom stereocenters. The van der Waals surface area contributed by atoms with Crippen molar-refractivity contribution in [3.8, 4) is 5.75 Å². The van der Waals surface area contributed by atoms with E-state index in [9.17, 15) is 18.0 Å². The molecule has 1 atom stereocenters. The lowest BCUT2D eigenvalue weighted by molar-refractivity contribution is -0.140. The molecule has 2 amide bonds. The third kappa shape index (κ3) is 7.82. The molecule has 0 bridgehead atoms. The van der Waals surface area contributed by atoms with Crippen LogP contribution < -0.4 is 14.4 Å². The van der Waals surface area contributed by atoms with Gasteiger partial charge in [0, 0.05) is 25.6 Å². The zero-order valence-corrected chi connectivity index (χ0v) is 22.1. The Morgan fingerprint density at radius 1 is 0.919 bits per heavy atom. The summed E-state index contributed by atoms with van der Waals surface area (Å²) in [7, 11) is -2.35. The number of carbonyl (C=O) groups excluding carboxylic acids is 2. The summed E-state index contributed by atoms with van der Waals surface area (Å²) >= 11 is 0. The molecule has 37 heavy (non-hydrogen) atoms. The second-order valence-corrected chi connectivity index (χ2v) is 10.5. The Bertz CT molecular complexity index is 1280. The van der Waals surface area contributed by atoms with Crippen LogP contribution in [0.1, 0.15) is 18.1 Å². The highest BCUT2D eigenvalue weighted by Crippen LogP contribution is 2.24. The fourth-order valence-electron chi connectivity index (χ4n) is 4.01. The first kappa shape index (κ1) is 27.7. The van der Waals surface area contributed by atoms with Crippen LogP contribution in [0.15, 0.2) is 84.9 Å². The lowest BCUT2D eigenvalue weighted by Gasteiger charge is -2.33. The van der Waals surface area contributed by atoms with Crippen LogP contribution in [-0.2, 0) is 32.6 Å². The van der Waals surface area contributed by atoms with Crippen LogP contribution in [0.3, 0.4) is 0 Å². The molecule has 0 aliphatic rings. The van der Waals surface area contributed by atoms with Gasteiger partial charge in [0.05, 0.1) is 19.1 Å². The van der Waals surface area contributed by atoms with E-state index in [4.69, 9.17) is 4.74 Å². The molecule has 0 spiro atoms. The normalized spacial score (nSPS) is 11.9. The van der Waals surface area contributed by atoms with Gasteiger partial charge >= 0.3 is 0 Å². The number of likely N-dealkylation sites (N-methyl/N-ethyl adjacent to an activating group) is 1. The number of methoxy groups -OCH3 is 1. The SMILES string of the molecule is CCNC(=O)C(Cc1ccccc1)N(Cc1ccccc1)C(=O)CN(c1cccc(OC)c1)S(C)(=O)=O. The molecular weight excluding hydrogens is 490 g/mol. The van der Waals surface area contributed by atoms with E-state index in [1.807, 2.05) is 67.6 Å². The smallest absolute Gasteiger partial charge is 0.244 e. The number of ether oxygens (including phenoxy) is 1. The number of rotatable bonds is 12. The molecule has 196 valence electrons. The molecule has 0 aromatic heterocycles. The van der Waals surface area contributed by atoms with Gasteiger partial charge in [-0.15, -0.1) is 0 Å². The number of benzene rings is 3. The standard InChI is InChI=1S/C28H33N3O5S/c1-4-29-28(33)26(18-22-12-7-5-8-13-22)30(20-23-14-9-6-10-15-23)27(32)21-31(37(3,34)35)24-16-11-17-25(19-24)36-2/h5-17,19,26H,4,18,20-21H2,1-3H3,(H,29,33). The number of sulfonamides is 1. The number of hydrogen-bond donors (Lipinski definition) is 1. The number of nitrogens with one attached hydrogen (secondary N) is 1. The first-order valence-electron chi connectivity index (χ1n) is 12.0. The minimum absolute atomic E-state index is 0.143. The average molecular weight is 524 g/mol. The van der Waals surface area contributed by atoms with Crippen molar-refractivity contribution >= 4 is 27.5 Å². The number of hydrogen-bond acceptors (Lipinski definition) is 5. The highest BCUT2D eigenvalue weighted by Gasteiger charge is 2.32. The van der Waals surface area contributed by atoms with E-state index in [2.05, 4.69) is 5.32 Å². The van der Waals surface area contributed by atoms with Crippen LogP contribution in [0.4, 0.5) is 5.69 Å². The molecule has 3 aromatic carbocycles. The van der Waals surface area contributed by atoms with Crippen LogP contribution in [0.5, 0.6) is 5.75 Å². The molecule has 0 saturated heterocycles. The third-order valence-corrected chi connectivity index (χ3v) is 6.98. The first-order chi connectivity index (χ1) is 17.7. The number of nitrogens with zero attached hydrogens (tertiary/aromatic N) is 2. The molecule has 0 heterocycles. The molecular formula is C28H33N3O5S. The van der Waals surface area contributed by atoms with E-state index in [0.717, 1.165) is 21.7 Å². The van der Waals surface area contributed by atoms with Crippen molar-refractivity contribution in [2.24, 2.45) is 0 Å². The number of anilines is 1. The fraction of sp³-hybridized carbons (Fsp3) is 0.286. The molecule has 8 nitrogen and oxygen atoms in total. The van der Waals surface area contributed by atoms with E-state index in [0.29, 0.717) is 18.0 Å². The zero-order valence-electron chi connectivity index (χ0n) is 21.3. The van der Waals surface area contributed by atoms with Crippen molar-refractivity contribution in [3.63, 3.8) is 0 Å². The van der Waals surface area contributed by atoms with Crippen LogP contribution in [0.25, 0.3) is 0 Å². The molecule has 0 aliphatic heterocycles. The van der Waals surface area contributed by atoms with E-state index < -0.39 is 28.5 Å². The quantitative estimate of drug-likeness (QED) is 0.393. The second kappa shape index (κ2) is 12.9. The van der Waals surface area contributed by atoms with Crippen LogP contribution in [0, 0.1) is 0 Å². The summed E-state index contributed by atoms with van der Waals surface area (Å²) < 4.78 is 31.8.